The average molecular weight is 250 g/mol. The first kappa shape index (κ1) is 12.1. The molecule has 0 aliphatic carbocycles. The molecule has 0 heterocycles. The van der Waals surface area contributed by atoms with Crippen LogP contribution < -0.4 is 9.46 Å². The summed E-state index contributed by atoms with van der Waals surface area (Å²) in [6.45, 7) is 1.75. The Bertz CT molecular complexity index is 447. The highest BCUT2D eigenvalue weighted by atomic mass is 35.5. The zero-order chi connectivity index (χ0) is 11.6. The molecule has 0 saturated heterocycles. The molecule has 0 aliphatic rings. The first-order valence-electron chi connectivity index (χ1n) is 4.15. The van der Waals surface area contributed by atoms with Gasteiger partial charge >= 0.3 is 0 Å². The smallest absolute Gasteiger partial charge is 0.229 e. The van der Waals surface area contributed by atoms with Crippen LogP contribution >= 0.6 is 11.6 Å². The van der Waals surface area contributed by atoms with Crippen LogP contribution in [0.15, 0.2) is 12.1 Å². The molecule has 15 heavy (non-hydrogen) atoms. The van der Waals surface area contributed by atoms with Crippen molar-refractivity contribution in [2.45, 2.75) is 6.92 Å². The molecule has 84 valence electrons. The van der Waals surface area contributed by atoms with Crippen molar-refractivity contribution < 1.29 is 13.2 Å². The Labute approximate surface area is 94.3 Å². The molecule has 0 amide bonds. The second-order valence-corrected chi connectivity index (χ2v) is 5.33. The maximum absolute atomic E-state index is 11.1. The molecule has 0 bridgehead atoms. The second-order valence-electron chi connectivity index (χ2n) is 3.18. The molecular weight excluding hydrogens is 238 g/mol. The molecule has 0 fully saturated rings. The quantitative estimate of drug-likeness (QED) is 0.892. The summed E-state index contributed by atoms with van der Waals surface area (Å²) >= 11 is 5.91. The Morgan fingerprint density at radius 1 is 1.40 bits per heavy atom. The van der Waals surface area contributed by atoms with Gasteiger partial charge in [0, 0.05) is 6.07 Å². The maximum atomic E-state index is 11.1. The number of sulfonamides is 1. The molecule has 1 aromatic rings. The predicted octanol–water partition coefficient (Wildman–Crippen LogP) is 2.03. The molecule has 0 aromatic heterocycles. The fourth-order valence-electron chi connectivity index (χ4n) is 1.15. The Morgan fingerprint density at radius 3 is 2.40 bits per heavy atom. The molecule has 6 heteroatoms. The van der Waals surface area contributed by atoms with Gasteiger partial charge in [-0.3, -0.25) is 4.72 Å². The third kappa shape index (κ3) is 3.28. The highest BCUT2D eigenvalue weighted by Crippen LogP contribution is 2.31. The second kappa shape index (κ2) is 4.28. The fourth-order valence-corrected chi connectivity index (χ4v) is 2.15. The molecule has 1 N–H and O–H groups in total. The number of aryl methyl sites for hydroxylation is 1. The first-order chi connectivity index (χ1) is 6.83. The molecule has 0 saturated carbocycles. The van der Waals surface area contributed by atoms with Crippen LogP contribution in [0.3, 0.4) is 0 Å². The number of halogens is 1. The monoisotopic (exact) mass is 249 g/mol. The summed E-state index contributed by atoms with van der Waals surface area (Å²) in [5.74, 6) is 0.594. The summed E-state index contributed by atoms with van der Waals surface area (Å²) in [7, 11) is -1.79. The van der Waals surface area contributed by atoms with Gasteiger partial charge in [-0.05, 0) is 18.6 Å². The van der Waals surface area contributed by atoms with Crippen molar-refractivity contribution >= 4 is 27.3 Å². The lowest BCUT2D eigenvalue weighted by Crippen LogP contribution is -2.11. The third-order valence-electron chi connectivity index (χ3n) is 1.78. The van der Waals surface area contributed by atoms with E-state index in [1.54, 1.807) is 19.1 Å². The van der Waals surface area contributed by atoms with E-state index in [-0.39, 0.29) is 0 Å². The van der Waals surface area contributed by atoms with E-state index in [9.17, 15) is 8.42 Å². The van der Waals surface area contributed by atoms with Gasteiger partial charge in [0.1, 0.15) is 5.75 Å². The van der Waals surface area contributed by atoms with Gasteiger partial charge in [0.05, 0.1) is 24.1 Å². The SMILES string of the molecule is COc1cc(C)c(NS(C)(=O)=O)c(Cl)c1. The van der Waals surface area contributed by atoms with Crippen LogP contribution in [-0.4, -0.2) is 21.8 Å². The number of hydrogen-bond acceptors (Lipinski definition) is 3. The first-order valence-corrected chi connectivity index (χ1v) is 6.42. The number of hydrogen-bond donors (Lipinski definition) is 1. The topological polar surface area (TPSA) is 55.4 Å². The van der Waals surface area contributed by atoms with Crippen LogP contribution in [0.4, 0.5) is 5.69 Å². The minimum absolute atomic E-state index is 0.317. The van der Waals surface area contributed by atoms with E-state index >= 15 is 0 Å². The lowest BCUT2D eigenvalue weighted by atomic mass is 10.2. The van der Waals surface area contributed by atoms with Gasteiger partial charge in [-0.25, -0.2) is 8.42 Å². The average Bonchev–Trinajstić information content (AvgIpc) is 2.09. The number of ether oxygens (including phenoxy) is 1. The summed E-state index contributed by atoms with van der Waals surface area (Å²) in [4.78, 5) is 0. The minimum Gasteiger partial charge on any atom is -0.497 e. The zero-order valence-corrected chi connectivity index (χ0v) is 10.2. The molecule has 4 nitrogen and oxygen atoms in total. The van der Waals surface area contributed by atoms with Crippen LogP contribution in [0.5, 0.6) is 5.75 Å². The molecule has 0 spiro atoms. The van der Waals surface area contributed by atoms with E-state index < -0.39 is 10.0 Å². The number of nitrogens with one attached hydrogen (secondary N) is 1. The summed E-state index contributed by atoms with van der Waals surface area (Å²) in [5, 5.41) is 0.317. The van der Waals surface area contributed by atoms with Crippen molar-refractivity contribution in [2.24, 2.45) is 0 Å². The lowest BCUT2D eigenvalue weighted by molar-refractivity contribution is 0.414. The molecule has 1 aromatic carbocycles. The van der Waals surface area contributed by atoms with Crippen LogP contribution in [0.1, 0.15) is 5.56 Å². The van der Waals surface area contributed by atoms with Crippen LogP contribution in [0.25, 0.3) is 0 Å². The summed E-state index contributed by atoms with van der Waals surface area (Å²) in [5.41, 5.74) is 1.10. The van der Waals surface area contributed by atoms with Crippen LogP contribution in [0, 0.1) is 6.92 Å². The fraction of sp³-hybridized carbons (Fsp3) is 0.333. The van der Waals surface area contributed by atoms with Crippen molar-refractivity contribution in [1.82, 2.24) is 0 Å². The lowest BCUT2D eigenvalue weighted by Gasteiger charge is -2.11. The molecular formula is C9H12ClNO3S. The number of rotatable bonds is 3. The van der Waals surface area contributed by atoms with Crippen LogP contribution in [0.2, 0.25) is 5.02 Å². The molecule has 1 rings (SSSR count). The van der Waals surface area contributed by atoms with Gasteiger partial charge in [-0.2, -0.15) is 0 Å². The highest BCUT2D eigenvalue weighted by Gasteiger charge is 2.10. The van der Waals surface area contributed by atoms with E-state index in [2.05, 4.69) is 4.72 Å². The van der Waals surface area contributed by atoms with E-state index in [0.717, 1.165) is 6.26 Å². The zero-order valence-electron chi connectivity index (χ0n) is 8.67. The number of anilines is 1. The Hall–Kier alpha value is -0.940. The largest absolute Gasteiger partial charge is 0.497 e. The Balaban J connectivity index is 3.20. The Kier molecular flexibility index (Phi) is 3.46. The van der Waals surface area contributed by atoms with E-state index in [0.29, 0.717) is 22.0 Å². The van der Waals surface area contributed by atoms with Crippen molar-refractivity contribution in [3.8, 4) is 5.75 Å². The number of benzene rings is 1. The maximum Gasteiger partial charge on any atom is 0.229 e. The number of methoxy groups -OCH3 is 1. The van der Waals surface area contributed by atoms with Gasteiger partial charge in [0.25, 0.3) is 0 Å². The van der Waals surface area contributed by atoms with Gasteiger partial charge in [-0.15, -0.1) is 0 Å². The predicted molar refractivity (Wildman–Crippen MR) is 61.2 cm³/mol. The van der Waals surface area contributed by atoms with Gasteiger partial charge < -0.3 is 4.74 Å². The molecule has 0 aliphatic heterocycles. The highest BCUT2D eigenvalue weighted by molar-refractivity contribution is 7.92. The summed E-state index contributed by atoms with van der Waals surface area (Å²) in [6, 6.07) is 3.27. The Morgan fingerprint density at radius 2 is 2.00 bits per heavy atom. The van der Waals surface area contributed by atoms with Gasteiger partial charge in [-0.1, -0.05) is 11.6 Å². The molecule has 0 atom stereocenters. The van der Waals surface area contributed by atoms with Crippen molar-refractivity contribution in [3.63, 3.8) is 0 Å². The summed E-state index contributed by atoms with van der Waals surface area (Å²) in [6.07, 6.45) is 1.08. The molecule has 0 unspecified atom stereocenters. The van der Waals surface area contributed by atoms with Crippen LogP contribution in [-0.2, 0) is 10.0 Å². The molecule has 0 radical (unpaired) electrons. The van der Waals surface area contributed by atoms with Gasteiger partial charge in [0.15, 0.2) is 0 Å². The van der Waals surface area contributed by atoms with E-state index in [4.69, 9.17) is 16.3 Å². The third-order valence-corrected chi connectivity index (χ3v) is 2.66. The van der Waals surface area contributed by atoms with E-state index in [1.165, 1.54) is 7.11 Å². The normalized spacial score (nSPS) is 11.2. The van der Waals surface area contributed by atoms with Crippen molar-refractivity contribution in [2.75, 3.05) is 18.1 Å². The van der Waals surface area contributed by atoms with Gasteiger partial charge in [0.2, 0.25) is 10.0 Å². The summed E-state index contributed by atoms with van der Waals surface area (Å²) < 4.78 is 29.5. The minimum atomic E-state index is -3.32. The standard InChI is InChI=1S/C9H12ClNO3S/c1-6-4-7(14-2)5-8(10)9(6)11-15(3,12)13/h4-5,11H,1-3H3. The van der Waals surface area contributed by atoms with E-state index in [1.807, 2.05) is 0 Å². The van der Waals surface area contributed by atoms with Crippen molar-refractivity contribution in [1.29, 1.82) is 0 Å². The van der Waals surface area contributed by atoms with Crippen molar-refractivity contribution in [3.05, 3.63) is 22.7 Å².